The normalized spacial score (nSPS) is 14.9. The van der Waals surface area contributed by atoms with E-state index in [0.717, 1.165) is 33.8 Å². The number of rotatable bonds is 4. The van der Waals surface area contributed by atoms with Gasteiger partial charge in [-0.1, -0.05) is 36.4 Å². The summed E-state index contributed by atoms with van der Waals surface area (Å²) in [7, 11) is 0. The van der Waals surface area contributed by atoms with Gasteiger partial charge >= 0.3 is 0 Å². The zero-order valence-electron chi connectivity index (χ0n) is 28.7. The first kappa shape index (κ1) is 18.9. The van der Waals surface area contributed by atoms with Crippen molar-refractivity contribution in [1.82, 2.24) is 15.0 Å². The van der Waals surface area contributed by atoms with Crippen molar-refractivity contribution in [2.75, 3.05) is 0 Å². The van der Waals surface area contributed by atoms with Crippen LogP contribution in [-0.4, -0.2) is 15.0 Å². The van der Waals surface area contributed by atoms with Crippen LogP contribution in [0.2, 0.25) is 0 Å². The summed E-state index contributed by atoms with van der Waals surface area (Å²) in [5, 5.41) is 0.410. The average molecular weight is 518 g/mol. The van der Waals surface area contributed by atoms with Crippen molar-refractivity contribution in [1.29, 1.82) is 0 Å². The van der Waals surface area contributed by atoms with E-state index in [0.29, 0.717) is 17.0 Å². The van der Waals surface area contributed by atoms with Gasteiger partial charge in [0.25, 0.3) is 0 Å². The van der Waals surface area contributed by atoms with Gasteiger partial charge in [-0.2, -0.15) is 0 Å². The van der Waals surface area contributed by atoms with E-state index in [1.54, 1.807) is 13.0 Å². The van der Waals surface area contributed by atoms with Gasteiger partial charge in [-0.25, -0.2) is 4.98 Å². The number of nitrogens with zero attached hydrogens (tertiary/aromatic N) is 3. The van der Waals surface area contributed by atoms with E-state index in [9.17, 15) is 0 Å². The van der Waals surface area contributed by atoms with Crippen LogP contribution in [0.4, 0.5) is 0 Å². The van der Waals surface area contributed by atoms with Gasteiger partial charge in [-0.05, 0) is 107 Å². The number of hydrogen-bond acceptors (Lipinski definition) is 4. The number of aromatic nitrogens is 3. The van der Waals surface area contributed by atoms with Crippen LogP contribution in [0.1, 0.15) is 61.4 Å². The molecule has 4 nitrogen and oxygen atoms in total. The Labute approximate surface area is 238 Å². The highest BCUT2D eigenvalue weighted by atomic mass is 16.3. The molecule has 6 rings (SSSR count). The number of hydrogen-bond donors (Lipinski definition) is 0. The molecule has 4 heteroatoms. The maximum absolute atomic E-state index is 8.26. The number of aryl methyl sites for hydroxylation is 5. The van der Waals surface area contributed by atoms with Crippen LogP contribution >= 0.6 is 0 Å². The number of fused-ring (bicyclic) bond motifs is 3. The highest BCUT2D eigenvalue weighted by molar-refractivity contribution is 6.11. The molecule has 4 aromatic heterocycles. The zero-order valence-corrected chi connectivity index (χ0v) is 22.7. The molecule has 0 aliphatic rings. The van der Waals surface area contributed by atoms with Gasteiger partial charge in [0.05, 0.1) is 28.2 Å². The Balaban J connectivity index is 1.59. The lowest BCUT2D eigenvalue weighted by atomic mass is 9.83. The van der Waals surface area contributed by atoms with Crippen LogP contribution in [0.15, 0.2) is 77.2 Å². The van der Waals surface area contributed by atoms with E-state index in [1.807, 2.05) is 49.4 Å². The van der Waals surface area contributed by atoms with Gasteiger partial charge in [0, 0.05) is 35.8 Å². The van der Waals surface area contributed by atoms with Crippen molar-refractivity contribution in [2.45, 2.75) is 53.7 Å². The summed E-state index contributed by atoms with van der Waals surface area (Å²) in [5.41, 5.74) is 6.87. The van der Waals surface area contributed by atoms with Crippen molar-refractivity contribution < 1.29 is 12.6 Å². The molecule has 0 atom stereocenters. The van der Waals surface area contributed by atoms with Crippen LogP contribution in [0, 0.1) is 34.5 Å². The zero-order chi connectivity index (χ0) is 32.5. The molecule has 0 aliphatic carbocycles. The number of furan rings is 1. The fraction of sp³-hybridized carbons (Fsp3) is 0.229. The fourth-order valence-corrected chi connectivity index (χ4v) is 5.20. The third-order valence-corrected chi connectivity index (χ3v) is 7.29. The topological polar surface area (TPSA) is 51.8 Å². The Morgan fingerprint density at radius 3 is 2.05 bits per heavy atom. The van der Waals surface area contributed by atoms with Crippen LogP contribution < -0.4 is 0 Å². The predicted octanol–water partition coefficient (Wildman–Crippen LogP) is 8.97. The van der Waals surface area contributed by atoms with Crippen molar-refractivity contribution in [3.63, 3.8) is 0 Å². The number of pyridine rings is 3. The third-order valence-electron chi connectivity index (χ3n) is 7.29. The molecule has 0 spiro atoms. The van der Waals surface area contributed by atoms with Crippen LogP contribution in [0.25, 0.3) is 44.6 Å². The first-order valence-electron chi connectivity index (χ1n) is 16.0. The minimum Gasteiger partial charge on any atom is -0.437 e. The average Bonchev–Trinajstić information content (AvgIpc) is 3.33. The molecule has 0 saturated carbocycles. The highest BCUT2D eigenvalue weighted by Crippen LogP contribution is 2.40. The van der Waals surface area contributed by atoms with E-state index in [2.05, 4.69) is 37.9 Å². The Morgan fingerprint density at radius 2 is 1.36 bits per heavy atom. The van der Waals surface area contributed by atoms with E-state index in [1.165, 1.54) is 12.1 Å². The standard InChI is InChI=1S/C35H33N3O/c1-20-15-27(25-11-9-8-10-12-25)37-29(17-20)35(6,7)30-18-21(2)16-28(38-30)26-14-13-22(3)31-32-23(4)19-24(5)36-34(32)39-33(26)31/h8-19H,1-7H3/i3D3,4D3. The van der Waals surface area contributed by atoms with E-state index >= 15 is 0 Å². The molecule has 0 fully saturated rings. The van der Waals surface area contributed by atoms with Gasteiger partial charge in [-0.15, -0.1) is 0 Å². The number of benzene rings is 2. The van der Waals surface area contributed by atoms with Crippen molar-refractivity contribution >= 4 is 22.1 Å². The van der Waals surface area contributed by atoms with E-state index in [4.69, 9.17) is 22.6 Å². The Bertz CT molecular complexity index is 2090. The minimum absolute atomic E-state index is 0.00163. The molecule has 0 radical (unpaired) electrons. The molecule has 194 valence electrons. The second-order valence-corrected chi connectivity index (χ2v) is 10.8. The molecule has 4 heterocycles. The van der Waals surface area contributed by atoms with Crippen LogP contribution in [0.5, 0.6) is 0 Å². The quantitative estimate of drug-likeness (QED) is 0.234. The molecule has 0 unspecified atom stereocenters. The summed E-state index contributed by atoms with van der Waals surface area (Å²) in [5.74, 6) is 0. The van der Waals surface area contributed by atoms with Crippen LogP contribution in [0.3, 0.4) is 0 Å². The van der Waals surface area contributed by atoms with E-state index in [-0.39, 0.29) is 33.2 Å². The first-order chi connectivity index (χ1) is 21.0. The molecular weight excluding hydrogens is 478 g/mol. The lowest BCUT2D eigenvalue weighted by molar-refractivity contribution is 0.595. The van der Waals surface area contributed by atoms with Crippen molar-refractivity contribution in [3.8, 4) is 22.5 Å². The maximum Gasteiger partial charge on any atom is 0.227 e. The summed E-state index contributed by atoms with van der Waals surface area (Å²) in [6.07, 6.45) is 0. The van der Waals surface area contributed by atoms with Crippen molar-refractivity contribution in [3.05, 3.63) is 112 Å². The van der Waals surface area contributed by atoms with Gasteiger partial charge < -0.3 is 4.42 Å². The molecule has 39 heavy (non-hydrogen) atoms. The highest BCUT2D eigenvalue weighted by Gasteiger charge is 2.29. The second-order valence-electron chi connectivity index (χ2n) is 10.8. The molecule has 0 aliphatic heterocycles. The molecule has 6 aromatic rings. The van der Waals surface area contributed by atoms with Crippen LogP contribution in [-0.2, 0) is 5.41 Å². The Morgan fingerprint density at radius 1 is 0.692 bits per heavy atom. The molecule has 0 amide bonds. The fourth-order valence-electron chi connectivity index (χ4n) is 5.20. The molecule has 0 N–H and O–H groups in total. The lowest BCUT2D eigenvalue weighted by Gasteiger charge is -2.26. The molecule has 2 aromatic carbocycles. The molecular formula is C35H33N3O. The summed E-state index contributed by atoms with van der Waals surface area (Å²) in [4.78, 5) is 14.6. The van der Waals surface area contributed by atoms with Gasteiger partial charge in [0.15, 0.2) is 0 Å². The summed E-state index contributed by atoms with van der Waals surface area (Å²) >= 11 is 0. The van der Waals surface area contributed by atoms with E-state index < -0.39 is 19.1 Å². The predicted molar refractivity (Wildman–Crippen MR) is 160 cm³/mol. The summed E-state index contributed by atoms with van der Waals surface area (Å²) < 4.78 is 55.7. The lowest BCUT2D eigenvalue weighted by Crippen LogP contribution is -2.23. The molecule has 0 saturated heterocycles. The SMILES string of the molecule is [2H]C([2H])([2H])c1cc(C)nc2oc3c(-c4cc(C)cc(C(C)(C)c5cc(C)cc(-c6ccccc6)n5)n4)ccc(C([2H])([2H])[2H])c3c12. The first-order valence-corrected chi connectivity index (χ1v) is 13.0. The van der Waals surface area contributed by atoms with Gasteiger partial charge in [0.1, 0.15) is 5.58 Å². The maximum atomic E-state index is 8.26. The van der Waals surface area contributed by atoms with Gasteiger partial charge in [0.2, 0.25) is 5.71 Å². The Hall–Kier alpha value is -4.31. The summed E-state index contributed by atoms with van der Waals surface area (Å²) in [6, 6.07) is 22.8. The third kappa shape index (κ3) is 4.30. The molecule has 0 bridgehead atoms. The minimum atomic E-state index is -2.52. The van der Waals surface area contributed by atoms with Gasteiger partial charge in [-0.3, -0.25) is 9.97 Å². The second kappa shape index (κ2) is 9.16. The van der Waals surface area contributed by atoms with Crippen molar-refractivity contribution in [2.24, 2.45) is 0 Å². The summed E-state index contributed by atoms with van der Waals surface area (Å²) in [6.45, 7) is 4.85. The smallest absolute Gasteiger partial charge is 0.227 e. The Kier molecular flexibility index (Phi) is 4.43. The monoisotopic (exact) mass is 517 g/mol. The largest absolute Gasteiger partial charge is 0.437 e.